The summed E-state index contributed by atoms with van der Waals surface area (Å²) in [4.78, 5) is 44.2. The predicted molar refractivity (Wildman–Crippen MR) is 127 cm³/mol. The fourth-order valence-corrected chi connectivity index (χ4v) is 3.92. The predicted octanol–water partition coefficient (Wildman–Crippen LogP) is 2.03. The van der Waals surface area contributed by atoms with E-state index >= 15 is 0 Å². The molecule has 3 rings (SSSR count). The Bertz CT molecular complexity index is 1220. The summed E-state index contributed by atoms with van der Waals surface area (Å²) in [6.07, 6.45) is -0.807. The second kappa shape index (κ2) is 11.6. The van der Waals surface area contributed by atoms with Gasteiger partial charge in [0.25, 0.3) is 5.91 Å². The number of H-pyrrole nitrogens is 1. The van der Waals surface area contributed by atoms with Gasteiger partial charge in [0.1, 0.15) is 24.1 Å². The molecule has 1 aromatic carbocycles. The first-order valence-corrected chi connectivity index (χ1v) is 11.3. The molecule has 0 aliphatic carbocycles. The molecule has 13 heteroatoms. The number of thiazole rings is 1. The summed E-state index contributed by atoms with van der Waals surface area (Å²) in [6.45, 7) is 2.39. The fraction of sp³-hybridized carbons (Fsp3) is 0.364. The molecule has 188 valence electrons. The van der Waals surface area contributed by atoms with Crippen molar-refractivity contribution in [3.8, 4) is 22.9 Å². The standard InChI is InChI=1S/C22H26N4O8S/c1-12(32-3)17(18(27)25-21-23-15(11-35-21)20(29)33-4)26-19(28)16(24-22(26)30)13-5-7-14(8-6-13)34-10-9-31-2/h5-8,11-12,17,28H,9-10H2,1-4H3,(H,24,30)(H,23,25,27)/t12-,17+/m1/s1. The van der Waals surface area contributed by atoms with Gasteiger partial charge in [0.05, 0.1) is 19.8 Å². The highest BCUT2D eigenvalue weighted by molar-refractivity contribution is 7.14. The maximum Gasteiger partial charge on any atom is 0.357 e. The molecular weight excluding hydrogens is 480 g/mol. The van der Waals surface area contributed by atoms with Crippen LogP contribution >= 0.6 is 11.3 Å². The molecular formula is C22H26N4O8S. The molecule has 0 spiro atoms. The van der Waals surface area contributed by atoms with E-state index in [-0.39, 0.29) is 16.5 Å². The van der Waals surface area contributed by atoms with Crippen LogP contribution in [0.3, 0.4) is 0 Å². The molecule has 1 amide bonds. The quantitative estimate of drug-likeness (QED) is 0.262. The molecule has 0 unspecified atom stereocenters. The number of esters is 1. The molecule has 0 aliphatic heterocycles. The summed E-state index contributed by atoms with van der Waals surface area (Å²) in [5, 5.41) is 15.0. The number of amides is 1. The van der Waals surface area contributed by atoms with Crippen LogP contribution in [-0.4, -0.2) is 72.2 Å². The normalized spacial score (nSPS) is 12.7. The van der Waals surface area contributed by atoms with Crippen molar-refractivity contribution in [3.63, 3.8) is 0 Å². The first-order chi connectivity index (χ1) is 16.8. The molecule has 3 aromatic rings. The van der Waals surface area contributed by atoms with Crippen LogP contribution in [0.25, 0.3) is 11.3 Å². The number of benzene rings is 1. The van der Waals surface area contributed by atoms with Crippen molar-refractivity contribution in [2.24, 2.45) is 0 Å². The molecule has 0 saturated carbocycles. The minimum atomic E-state index is -1.25. The number of hydrogen-bond acceptors (Lipinski definition) is 10. The molecule has 3 N–H and O–H groups in total. The van der Waals surface area contributed by atoms with Crippen LogP contribution < -0.4 is 15.7 Å². The van der Waals surface area contributed by atoms with Crippen molar-refractivity contribution < 1.29 is 33.6 Å². The van der Waals surface area contributed by atoms with Gasteiger partial charge in [-0.1, -0.05) is 0 Å². The van der Waals surface area contributed by atoms with Crippen molar-refractivity contribution in [1.82, 2.24) is 14.5 Å². The van der Waals surface area contributed by atoms with Gasteiger partial charge in [-0.05, 0) is 31.2 Å². The van der Waals surface area contributed by atoms with Crippen LogP contribution in [0.1, 0.15) is 23.5 Å². The molecule has 0 fully saturated rings. The number of aromatic nitrogens is 3. The number of nitrogens with one attached hydrogen (secondary N) is 2. The summed E-state index contributed by atoms with van der Waals surface area (Å²) in [5.41, 5.74) is -0.0508. The van der Waals surface area contributed by atoms with E-state index < -0.39 is 35.6 Å². The lowest BCUT2D eigenvalue weighted by Gasteiger charge is -2.22. The summed E-state index contributed by atoms with van der Waals surface area (Å²) < 4.78 is 21.3. The zero-order chi connectivity index (χ0) is 25.5. The van der Waals surface area contributed by atoms with Crippen molar-refractivity contribution in [3.05, 3.63) is 45.8 Å². The molecule has 0 saturated heterocycles. The first-order valence-electron chi connectivity index (χ1n) is 10.4. The number of carbonyl (C=O) groups excluding carboxylic acids is 2. The zero-order valence-corrected chi connectivity index (χ0v) is 20.4. The number of hydrogen-bond donors (Lipinski definition) is 3. The van der Waals surface area contributed by atoms with Crippen LogP contribution in [0.15, 0.2) is 34.4 Å². The highest BCUT2D eigenvalue weighted by Gasteiger charge is 2.33. The second-order valence-corrected chi connectivity index (χ2v) is 8.13. The minimum Gasteiger partial charge on any atom is -0.493 e. The maximum atomic E-state index is 13.1. The molecule has 35 heavy (non-hydrogen) atoms. The van der Waals surface area contributed by atoms with E-state index in [1.54, 1.807) is 38.3 Å². The van der Waals surface area contributed by atoms with E-state index in [0.717, 1.165) is 15.9 Å². The Hall–Kier alpha value is -3.68. The molecule has 2 aromatic heterocycles. The number of imidazole rings is 1. The Morgan fingerprint density at radius 2 is 1.91 bits per heavy atom. The van der Waals surface area contributed by atoms with Gasteiger partial charge in [0, 0.05) is 25.2 Å². The summed E-state index contributed by atoms with van der Waals surface area (Å²) >= 11 is 1.01. The fourth-order valence-electron chi connectivity index (χ4n) is 3.24. The van der Waals surface area contributed by atoms with Crippen molar-refractivity contribution >= 4 is 28.3 Å². The van der Waals surface area contributed by atoms with Gasteiger partial charge in [0.2, 0.25) is 5.88 Å². The van der Waals surface area contributed by atoms with E-state index in [4.69, 9.17) is 14.2 Å². The van der Waals surface area contributed by atoms with Crippen molar-refractivity contribution in [2.45, 2.75) is 19.1 Å². The smallest absolute Gasteiger partial charge is 0.357 e. The number of rotatable bonds is 11. The molecule has 0 bridgehead atoms. The van der Waals surface area contributed by atoms with Crippen molar-refractivity contribution in [1.29, 1.82) is 0 Å². The van der Waals surface area contributed by atoms with Crippen LogP contribution in [0, 0.1) is 0 Å². The van der Waals surface area contributed by atoms with Gasteiger partial charge in [-0.3, -0.25) is 4.79 Å². The van der Waals surface area contributed by atoms with E-state index in [2.05, 4.69) is 20.0 Å². The minimum absolute atomic E-state index is 0.0303. The average molecular weight is 507 g/mol. The lowest BCUT2D eigenvalue weighted by atomic mass is 10.1. The SMILES string of the molecule is COCCOc1ccc(-c2[nH]c(=O)n([C@H](C(=O)Nc3nc(C(=O)OC)cs3)[C@@H](C)OC)c2O)cc1. The number of carbonyl (C=O) groups is 2. The number of nitrogens with zero attached hydrogens (tertiary/aromatic N) is 2. The Balaban J connectivity index is 1.88. The molecule has 2 heterocycles. The Labute approximate surface area is 204 Å². The zero-order valence-electron chi connectivity index (χ0n) is 19.6. The van der Waals surface area contributed by atoms with Crippen LogP contribution in [-0.2, 0) is 19.0 Å². The van der Waals surface area contributed by atoms with Gasteiger partial charge < -0.3 is 34.4 Å². The molecule has 2 atom stereocenters. The Morgan fingerprint density at radius 3 is 2.54 bits per heavy atom. The van der Waals surface area contributed by atoms with Gasteiger partial charge >= 0.3 is 11.7 Å². The topological polar surface area (TPSA) is 154 Å². The lowest BCUT2D eigenvalue weighted by Crippen LogP contribution is -2.39. The summed E-state index contributed by atoms with van der Waals surface area (Å²) in [5.74, 6) is -1.17. The van der Waals surface area contributed by atoms with Crippen LogP contribution in [0.2, 0.25) is 0 Å². The monoisotopic (exact) mass is 506 g/mol. The number of aromatic hydroxyl groups is 1. The van der Waals surface area contributed by atoms with Crippen LogP contribution in [0.5, 0.6) is 11.6 Å². The van der Waals surface area contributed by atoms with Gasteiger partial charge in [-0.25, -0.2) is 19.1 Å². The Morgan fingerprint density at radius 1 is 1.20 bits per heavy atom. The number of aromatic amines is 1. The highest BCUT2D eigenvalue weighted by atomic mass is 32.1. The first kappa shape index (κ1) is 25.9. The van der Waals surface area contributed by atoms with Crippen molar-refractivity contribution in [2.75, 3.05) is 39.9 Å². The molecule has 0 radical (unpaired) electrons. The van der Waals surface area contributed by atoms with Gasteiger partial charge in [0.15, 0.2) is 10.8 Å². The second-order valence-electron chi connectivity index (χ2n) is 7.27. The third-order valence-corrected chi connectivity index (χ3v) is 5.85. The van der Waals surface area contributed by atoms with E-state index in [1.165, 1.54) is 19.6 Å². The largest absolute Gasteiger partial charge is 0.493 e. The van der Waals surface area contributed by atoms with Gasteiger partial charge in [-0.15, -0.1) is 11.3 Å². The Kier molecular flexibility index (Phi) is 8.63. The lowest BCUT2D eigenvalue weighted by molar-refractivity contribution is -0.123. The molecule has 0 aliphatic rings. The average Bonchev–Trinajstić information content (AvgIpc) is 3.44. The highest BCUT2D eigenvalue weighted by Crippen LogP contribution is 2.31. The third-order valence-electron chi connectivity index (χ3n) is 5.09. The number of methoxy groups -OCH3 is 3. The summed E-state index contributed by atoms with van der Waals surface area (Å²) in [6, 6.07) is 5.44. The number of anilines is 1. The van der Waals surface area contributed by atoms with Crippen LogP contribution in [0.4, 0.5) is 5.13 Å². The number of ether oxygens (including phenoxy) is 4. The van der Waals surface area contributed by atoms with Gasteiger partial charge in [-0.2, -0.15) is 0 Å². The summed E-state index contributed by atoms with van der Waals surface area (Å²) in [7, 11) is 4.17. The molecule has 12 nitrogen and oxygen atoms in total. The maximum absolute atomic E-state index is 13.1. The third kappa shape index (κ3) is 5.88. The van der Waals surface area contributed by atoms with E-state index in [0.29, 0.717) is 24.5 Å². The van der Waals surface area contributed by atoms with E-state index in [1.807, 2.05) is 0 Å². The van der Waals surface area contributed by atoms with E-state index in [9.17, 15) is 19.5 Å².